The number of aromatic hydroxyl groups is 1. The standard InChI is InChI=1S/C12H18N2O2/c1-8(2)7-13-12(16)14-10-6-9(3)4-5-11(10)15/h4-6,8,15H,7H2,1-3H3,(H2,13,14,16). The zero-order valence-electron chi connectivity index (χ0n) is 9.87. The van der Waals surface area contributed by atoms with Crippen LogP contribution >= 0.6 is 0 Å². The second-order valence-corrected chi connectivity index (χ2v) is 4.25. The minimum absolute atomic E-state index is 0.0743. The Morgan fingerprint density at radius 3 is 2.75 bits per heavy atom. The molecule has 0 saturated carbocycles. The van der Waals surface area contributed by atoms with E-state index in [9.17, 15) is 9.90 Å². The van der Waals surface area contributed by atoms with Gasteiger partial charge in [-0.15, -0.1) is 0 Å². The summed E-state index contributed by atoms with van der Waals surface area (Å²) in [5, 5.41) is 14.8. The van der Waals surface area contributed by atoms with Crippen LogP contribution < -0.4 is 10.6 Å². The van der Waals surface area contributed by atoms with Gasteiger partial charge in [0.05, 0.1) is 5.69 Å². The van der Waals surface area contributed by atoms with Crippen LogP contribution in [0, 0.1) is 12.8 Å². The van der Waals surface area contributed by atoms with Crippen LogP contribution in [0.1, 0.15) is 19.4 Å². The highest BCUT2D eigenvalue weighted by atomic mass is 16.3. The number of benzene rings is 1. The number of urea groups is 1. The van der Waals surface area contributed by atoms with Gasteiger partial charge in [-0.2, -0.15) is 0 Å². The molecular weight excluding hydrogens is 204 g/mol. The fourth-order valence-corrected chi connectivity index (χ4v) is 1.21. The maximum Gasteiger partial charge on any atom is 0.319 e. The summed E-state index contributed by atoms with van der Waals surface area (Å²) in [7, 11) is 0. The van der Waals surface area contributed by atoms with E-state index < -0.39 is 0 Å². The van der Waals surface area contributed by atoms with Gasteiger partial charge in [0.15, 0.2) is 0 Å². The highest BCUT2D eigenvalue weighted by molar-refractivity contribution is 5.90. The summed E-state index contributed by atoms with van der Waals surface area (Å²) in [6.45, 7) is 6.55. The molecule has 1 aromatic carbocycles. The molecule has 0 aliphatic carbocycles. The average molecular weight is 222 g/mol. The summed E-state index contributed by atoms with van der Waals surface area (Å²) in [5.41, 5.74) is 1.42. The normalized spacial score (nSPS) is 10.2. The van der Waals surface area contributed by atoms with E-state index in [4.69, 9.17) is 0 Å². The smallest absolute Gasteiger partial charge is 0.319 e. The molecule has 2 amide bonds. The SMILES string of the molecule is Cc1ccc(O)c(NC(=O)NCC(C)C)c1. The van der Waals surface area contributed by atoms with Crippen LogP contribution in [0.4, 0.5) is 10.5 Å². The van der Waals surface area contributed by atoms with E-state index in [0.29, 0.717) is 18.2 Å². The number of phenolic OH excluding ortho intramolecular Hbond substituents is 1. The van der Waals surface area contributed by atoms with E-state index in [0.717, 1.165) is 5.56 Å². The number of rotatable bonds is 3. The first-order chi connectivity index (χ1) is 7.49. The van der Waals surface area contributed by atoms with E-state index in [1.165, 1.54) is 0 Å². The number of carbonyl (C=O) groups is 1. The maximum absolute atomic E-state index is 11.4. The Balaban J connectivity index is 2.59. The molecule has 16 heavy (non-hydrogen) atoms. The van der Waals surface area contributed by atoms with Crippen molar-refractivity contribution in [2.45, 2.75) is 20.8 Å². The molecule has 4 nitrogen and oxygen atoms in total. The lowest BCUT2D eigenvalue weighted by atomic mass is 10.2. The van der Waals surface area contributed by atoms with Gasteiger partial charge in [-0.05, 0) is 30.5 Å². The summed E-state index contributed by atoms with van der Waals surface area (Å²) >= 11 is 0. The molecule has 1 aromatic rings. The molecule has 4 heteroatoms. The van der Waals surface area contributed by atoms with Crippen molar-refractivity contribution in [2.24, 2.45) is 5.92 Å². The Morgan fingerprint density at radius 1 is 1.44 bits per heavy atom. The van der Waals surface area contributed by atoms with Crippen molar-refractivity contribution in [3.63, 3.8) is 0 Å². The zero-order valence-corrected chi connectivity index (χ0v) is 9.87. The number of carbonyl (C=O) groups excluding carboxylic acids is 1. The number of phenols is 1. The number of hydrogen-bond donors (Lipinski definition) is 3. The van der Waals surface area contributed by atoms with E-state index in [2.05, 4.69) is 10.6 Å². The molecular formula is C12H18N2O2. The number of anilines is 1. The van der Waals surface area contributed by atoms with Gasteiger partial charge in [0.2, 0.25) is 0 Å². The van der Waals surface area contributed by atoms with Crippen LogP contribution in [0.25, 0.3) is 0 Å². The third-order valence-electron chi connectivity index (χ3n) is 2.07. The van der Waals surface area contributed by atoms with Crippen LogP contribution in [0.2, 0.25) is 0 Å². The Bertz CT molecular complexity index is 375. The highest BCUT2D eigenvalue weighted by Gasteiger charge is 2.06. The second kappa shape index (κ2) is 5.39. The topological polar surface area (TPSA) is 61.4 Å². The predicted molar refractivity (Wildman–Crippen MR) is 64.7 cm³/mol. The average Bonchev–Trinajstić information content (AvgIpc) is 2.20. The molecule has 1 rings (SSSR count). The van der Waals surface area contributed by atoms with Crippen LogP contribution in [-0.2, 0) is 0 Å². The van der Waals surface area contributed by atoms with Crippen molar-refractivity contribution in [1.82, 2.24) is 5.32 Å². The van der Waals surface area contributed by atoms with Crippen LogP contribution in [0.15, 0.2) is 18.2 Å². The molecule has 3 N–H and O–H groups in total. The third-order valence-corrected chi connectivity index (χ3v) is 2.07. The van der Waals surface area contributed by atoms with Gasteiger partial charge in [-0.25, -0.2) is 4.79 Å². The minimum Gasteiger partial charge on any atom is -0.506 e. The van der Waals surface area contributed by atoms with Gasteiger partial charge in [0, 0.05) is 6.54 Å². The molecule has 0 aromatic heterocycles. The summed E-state index contributed by atoms with van der Waals surface area (Å²) < 4.78 is 0. The molecule has 0 bridgehead atoms. The summed E-state index contributed by atoms with van der Waals surface area (Å²) in [6, 6.07) is 4.78. The number of hydrogen-bond acceptors (Lipinski definition) is 2. The van der Waals surface area contributed by atoms with E-state index in [-0.39, 0.29) is 11.8 Å². The van der Waals surface area contributed by atoms with Crippen molar-refractivity contribution < 1.29 is 9.90 Å². The van der Waals surface area contributed by atoms with Gasteiger partial charge in [-0.3, -0.25) is 0 Å². The molecule has 0 heterocycles. The molecule has 0 radical (unpaired) electrons. The van der Waals surface area contributed by atoms with Gasteiger partial charge < -0.3 is 15.7 Å². The lowest BCUT2D eigenvalue weighted by molar-refractivity contribution is 0.250. The minimum atomic E-state index is -0.297. The highest BCUT2D eigenvalue weighted by Crippen LogP contribution is 2.23. The van der Waals surface area contributed by atoms with Gasteiger partial charge >= 0.3 is 6.03 Å². The molecule has 0 aliphatic rings. The van der Waals surface area contributed by atoms with E-state index >= 15 is 0 Å². The van der Waals surface area contributed by atoms with Gasteiger partial charge in [-0.1, -0.05) is 19.9 Å². The maximum atomic E-state index is 11.4. The van der Waals surface area contributed by atoms with Crippen molar-refractivity contribution in [3.05, 3.63) is 23.8 Å². The second-order valence-electron chi connectivity index (χ2n) is 4.25. The number of amides is 2. The number of aryl methyl sites for hydroxylation is 1. The quantitative estimate of drug-likeness (QED) is 0.688. The Morgan fingerprint density at radius 2 is 2.12 bits per heavy atom. The fourth-order valence-electron chi connectivity index (χ4n) is 1.21. The molecule has 0 saturated heterocycles. The summed E-state index contributed by atoms with van der Waals surface area (Å²) in [6.07, 6.45) is 0. The van der Waals surface area contributed by atoms with Crippen molar-refractivity contribution in [3.8, 4) is 5.75 Å². The molecule has 0 unspecified atom stereocenters. The molecule has 0 spiro atoms. The van der Waals surface area contributed by atoms with Crippen LogP contribution in [0.5, 0.6) is 5.75 Å². The zero-order chi connectivity index (χ0) is 12.1. The predicted octanol–water partition coefficient (Wildman–Crippen LogP) is 2.48. The van der Waals surface area contributed by atoms with Gasteiger partial charge in [0.1, 0.15) is 5.75 Å². The summed E-state index contributed by atoms with van der Waals surface area (Å²) in [5.74, 6) is 0.474. The third kappa shape index (κ3) is 3.81. The first-order valence-corrected chi connectivity index (χ1v) is 5.33. The lowest BCUT2D eigenvalue weighted by Gasteiger charge is -2.10. The summed E-state index contributed by atoms with van der Waals surface area (Å²) in [4.78, 5) is 11.4. The lowest BCUT2D eigenvalue weighted by Crippen LogP contribution is -2.31. The Kier molecular flexibility index (Phi) is 4.17. The van der Waals surface area contributed by atoms with Gasteiger partial charge in [0.25, 0.3) is 0 Å². The van der Waals surface area contributed by atoms with Crippen LogP contribution in [0.3, 0.4) is 0 Å². The fraction of sp³-hybridized carbons (Fsp3) is 0.417. The van der Waals surface area contributed by atoms with Crippen molar-refractivity contribution in [2.75, 3.05) is 11.9 Å². The van der Waals surface area contributed by atoms with Crippen LogP contribution in [-0.4, -0.2) is 17.7 Å². The Hall–Kier alpha value is -1.71. The molecule has 0 fully saturated rings. The Labute approximate surface area is 95.7 Å². The molecule has 0 aliphatic heterocycles. The molecule has 88 valence electrons. The van der Waals surface area contributed by atoms with E-state index in [1.807, 2.05) is 20.8 Å². The molecule has 0 atom stereocenters. The number of nitrogens with one attached hydrogen (secondary N) is 2. The van der Waals surface area contributed by atoms with Crippen molar-refractivity contribution in [1.29, 1.82) is 0 Å². The monoisotopic (exact) mass is 222 g/mol. The first kappa shape index (κ1) is 12.4. The first-order valence-electron chi connectivity index (χ1n) is 5.33. The largest absolute Gasteiger partial charge is 0.506 e. The van der Waals surface area contributed by atoms with E-state index in [1.54, 1.807) is 18.2 Å². The van der Waals surface area contributed by atoms with Crippen molar-refractivity contribution >= 4 is 11.7 Å².